The van der Waals surface area contributed by atoms with Crippen molar-refractivity contribution < 1.29 is 14.0 Å². The van der Waals surface area contributed by atoms with E-state index in [9.17, 15) is 9.59 Å². The van der Waals surface area contributed by atoms with Crippen LogP contribution in [0.2, 0.25) is 0 Å². The van der Waals surface area contributed by atoms with Gasteiger partial charge in [-0.2, -0.15) is 0 Å². The Kier molecular flexibility index (Phi) is 5.67. The predicted molar refractivity (Wildman–Crippen MR) is 97.3 cm³/mol. The smallest absolute Gasteiger partial charge is 0.287 e. The number of likely N-dealkylation sites (N-methyl/N-ethyl adjacent to an activating group) is 1. The summed E-state index contributed by atoms with van der Waals surface area (Å²) in [6.07, 6.45) is 1.43. The van der Waals surface area contributed by atoms with E-state index >= 15 is 0 Å². The minimum atomic E-state index is -0.628. The van der Waals surface area contributed by atoms with Gasteiger partial charge in [-0.15, -0.1) is 0 Å². The Morgan fingerprint density at radius 2 is 1.80 bits per heavy atom. The largest absolute Gasteiger partial charge is 0.459 e. The molecule has 1 aromatic heterocycles. The van der Waals surface area contributed by atoms with Gasteiger partial charge < -0.3 is 14.6 Å². The summed E-state index contributed by atoms with van der Waals surface area (Å²) in [7, 11) is 1.73. The lowest BCUT2D eigenvalue weighted by molar-refractivity contribution is -0.132. The molecule has 0 radical (unpaired) electrons. The number of benzene rings is 1. The molecule has 25 heavy (non-hydrogen) atoms. The molecule has 2 rings (SSSR count). The summed E-state index contributed by atoms with van der Waals surface area (Å²) in [4.78, 5) is 26.0. The van der Waals surface area contributed by atoms with E-state index in [2.05, 4.69) is 38.2 Å². The van der Waals surface area contributed by atoms with Gasteiger partial charge in [0.25, 0.3) is 5.91 Å². The molecule has 0 saturated heterocycles. The van der Waals surface area contributed by atoms with Crippen LogP contribution in [0.25, 0.3) is 0 Å². The molecule has 0 unspecified atom stereocenters. The molecule has 2 aromatic rings. The van der Waals surface area contributed by atoms with Gasteiger partial charge in [0.2, 0.25) is 5.91 Å². The molecule has 0 aliphatic carbocycles. The summed E-state index contributed by atoms with van der Waals surface area (Å²) in [5.74, 6) is -0.353. The van der Waals surface area contributed by atoms with Gasteiger partial charge >= 0.3 is 0 Å². The molecule has 0 spiro atoms. The SMILES string of the molecule is C[C@H](NC(=O)c1ccco1)C(=O)N(C)Cc1ccc(C(C)(C)C)cc1. The number of nitrogens with one attached hydrogen (secondary N) is 1. The van der Waals surface area contributed by atoms with Gasteiger partial charge in [0.05, 0.1) is 6.26 Å². The fourth-order valence-corrected chi connectivity index (χ4v) is 2.53. The average molecular weight is 342 g/mol. The first-order chi connectivity index (χ1) is 11.7. The molecular weight excluding hydrogens is 316 g/mol. The summed E-state index contributed by atoms with van der Waals surface area (Å²) in [6.45, 7) is 8.66. The minimum Gasteiger partial charge on any atom is -0.459 e. The average Bonchev–Trinajstić information content (AvgIpc) is 3.08. The topological polar surface area (TPSA) is 62.6 Å². The van der Waals surface area contributed by atoms with Crippen molar-refractivity contribution in [3.63, 3.8) is 0 Å². The molecule has 1 heterocycles. The third kappa shape index (κ3) is 4.95. The Labute approximate surface area is 149 Å². The van der Waals surface area contributed by atoms with Crippen LogP contribution in [0.4, 0.5) is 0 Å². The van der Waals surface area contributed by atoms with Crippen molar-refractivity contribution in [2.24, 2.45) is 0 Å². The second-order valence-electron chi connectivity index (χ2n) is 7.31. The number of nitrogens with zero attached hydrogens (tertiary/aromatic N) is 1. The minimum absolute atomic E-state index is 0.102. The van der Waals surface area contributed by atoms with Crippen LogP contribution in [-0.4, -0.2) is 29.8 Å². The predicted octanol–water partition coefficient (Wildman–Crippen LogP) is 3.35. The molecule has 0 fully saturated rings. The summed E-state index contributed by atoms with van der Waals surface area (Å²) in [5, 5.41) is 2.65. The molecule has 1 aromatic carbocycles. The summed E-state index contributed by atoms with van der Waals surface area (Å²) < 4.78 is 5.03. The van der Waals surface area contributed by atoms with Gasteiger partial charge in [-0.3, -0.25) is 9.59 Å². The highest BCUT2D eigenvalue weighted by atomic mass is 16.3. The maximum atomic E-state index is 12.5. The standard InChI is InChI=1S/C20H26N2O3/c1-14(21-18(23)17-7-6-12-25-17)19(24)22(5)13-15-8-10-16(11-9-15)20(2,3)4/h6-12,14H,13H2,1-5H3,(H,21,23)/t14-/m0/s1. The lowest BCUT2D eigenvalue weighted by atomic mass is 9.87. The Balaban J connectivity index is 1.94. The van der Waals surface area contributed by atoms with Gasteiger partial charge in [0, 0.05) is 13.6 Å². The Morgan fingerprint density at radius 3 is 2.32 bits per heavy atom. The van der Waals surface area contributed by atoms with Gasteiger partial charge in [-0.05, 0) is 35.6 Å². The number of rotatable bonds is 5. The zero-order chi connectivity index (χ0) is 18.6. The van der Waals surface area contributed by atoms with Gasteiger partial charge in [0.1, 0.15) is 6.04 Å². The number of amides is 2. The van der Waals surface area contributed by atoms with Crippen molar-refractivity contribution in [1.29, 1.82) is 0 Å². The van der Waals surface area contributed by atoms with E-state index in [1.54, 1.807) is 31.0 Å². The van der Waals surface area contributed by atoms with Crippen molar-refractivity contribution in [3.8, 4) is 0 Å². The first kappa shape index (κ1) is 18.8. The fourth-order valence-electron chi connectivity index (χ4n) is 2.53. The molecule has 134 valence electrons. The summed E-state index contributed by atoms with van der Waals surface area (Å²) >= 11 is 0. The van der Waals surface area contributed by atoms with Gasteiger partial charge in [-0.25, -0.2) is 0 Å². The quantitative estimate of drug-likeness (QED) is 0.906. The molecule has 5 nitrogen and oxygen atoms in total. The molecule has 0 aliphatic rings. The highest BCUT2D eigenvalue weighted by Gasteiger charge is 2.21. The highest BCUT2D eigenvalue weighted by molar-refractivity contribution is 5.95. The third-order valence-electron chi connectivity index (χ3n) is 4.08. The molecule has 0 saturated carbocycles. The molecule has 0 bridgehead atoms. The Bertz CT molecular complexity index is 712. The molecule has 1 atom stereocenters. The molecular formula is C20H26N2O3. The Morgan fingerprint density at radius 1 is 1.16 bits per heavy atom. The van der Waals surface area contributed by atoms with Crippen LogP contribution >= 0.6 is 0 Å². The van der Waals surface area contributed by atoms with Crippen LogP contribution in [0.1, 0.15) is 49.4 Å². The van der Waals surface area contributed by atoms with Crippen LogP contribution in [0, 0.1) is 0 Å². The van der Waals surface area contributed by atoms with E-state index in [-0.39, 0.29) is 17.1 Å². The second-order valence-corrected chi connectivity index (χ2v) is 7.31. The number of hydrogen-bond donors (Lipinski definition) is 1. The lowest BCUT2D eigenvalue weighted by Gasteiger charge is -2.23. The second kappa shape index (κ2) is 7.55. The van der Waals surface area contributed by atoms with Crippen molar-refractivity contribution in [1.82, 2.24) is 10.2 Å². The number of carbonyl (C=O) groups excluding carboxylic acids is 2. The maximum Gasteiger partial charge on any atom is 0.287 e. The normalized spacial score (nSPS) is 12.5. The molecule has 1 N–H and O–H groups in total. The third-order valence-corrected chi connectivity index (χ3v) is 4.08. The van der Waals surface area contributed by atoms with Crippen molar-refractivity contribution in [3.05, 3.63) is 59.5 Å². The number of furan rings is 1. The monoisotopic (exact) mass is 342 g/mol. The van der Waals surface area contributed by atoms with Gasteiger partial charge in [0.15, 0.2) is 5.76 Å². The van der Waals surface area contributed by atoms with Crippen molar-refractivity contribution in [2.75, 3.05) is 7.05 Å². The lowest BCUT2D eigenvalue weighted by Crippen LogP contribution is -2.45. The zero-order valence-corrected chi connectivity index (χ0v) is 15.5. The van der Waals surface area contributed by atoms with E-state index in [1.807, 2.05) is 12.1 Å². The summed E-state index contributed by atoms with van der Waals surface area (Å²) in [6, 6.07) is 10.8. The van der Waals surface area contributed by atoms with E-state index in [1.165, 1.54) is 11.8 Å². The molecule has 0 aliphatic heterocycles. The molecule has 5 heteroatoms. The van der Waals surface area contributed by atoms with Crippen LogP contribution in [0.3, 0.4) is 0 Å². The van der Waals surface area contributed by atoms with Crippen LogP contribution in [-0.2, 0) is 16.8 Å². The molecule has 2 amide bonds. The van der Waals surface area contributed by atoms with Crippen LogP contribution in [0.5, 0.6) is 0 Å². The van der Waals surface area contributed by atoms with E-state index in [0.29, 0.717) is 6.54 Å². The summed E-state index contributed by atoms with van der Waals surface area (Å²) in [5.41, 5.74) is 2.41. The van der Waals surface area contributed by atoms with Crippen molar-refractivity contribution >= 4 is 11.8 Å². The van der Waals surface area contributed by atoms with Crippen molar-refractivity contribution in [2.45, 2.75) is 45.7 Å². The number of carbonyl (C=O) groups is 2. The van der Waals surface area contributed by atoms with Gasteiger partial charge in [-0.1, -0.05) is 45.0 Å². The Hall–Kier alpha value is -2.56. The number of hydrogen-bond acceptors (Lipinski definition) is 3. The first-order valence-electron chi connectivity index (χ1n) is 8.37. The fraction of sp³-hybridized carbons (Fsp3) is 0.400. The van der Waals surface area contributed by atoms with E-state index < -0.39 is 11.9 Å². The zero-order valence-electron chi connectivity index (χ0n) is 15.5. The maximum absolute atomic E-state index is 12.5. The highest BCUT2D eigenvalue weighted by Crippen LogP contribution is 2.22. The van der Waals surface area contributed by atoms with Crippen LogP contribution < -0.4 is 5.32 Å². The van der Waals surface area contributed by atoms with E-state index in [0.717, 1.165) is 5.56 Å². The van der Waals surface area contributed by atoms with E-state index in [4.69, 9.17) is 4.42 Å². The van der Waals surface area contributed by atoms with Crippen LogP contribution in [0.15, 0.2) is 47.1 Å². The first-order valence-corrected chi connectivity index (χ1v) is 8.37.